The zero-order valence-electron chi connectivity index (χ0n) is 13.7. The average molecular weight is 347 g/mol. The Balaban J connectivity index is 2.23. The number of piperazine rings is 1. The number of hydrogen-bond donors (Lipinski definition) is 2. The van der Waals surface area contributed by atoms with Gasteiger partial charge in [-0.15, -0.1) is 0 Å². The van der Waals surface area contributed by atoms with Crippen molar-refractivity contribution in [3.05, 3.63) is 39.9 Å². The Morgan fingerprint density at radius 3 is 2.56 bits per heavy atom. The van der Waals surface area contributed by atoms with E-state index in [0.29, 0.717) is 30.8 Å². The summed E-state index contributed by atoms with van der Waals surface area (Å²) in [5.41, 5.74) is -0.355. The monoisotopic (exact) mass is 347 g/mol. The molecule has 2 N–H and O–H groups in total. The van der Waals surface area contributed by atoms with Crippen molar-refractivity contribution >= 4 is 28.3 Å². The number of aliphatic carboxylic acids is 1. The van der Waals surface area contributed by atoms with Crippen LogP contribution in [0, 0.1) is 5.82 Å². The number of carbonyl (C=O) groups is 2. The number of carboxylic acids is 1. The largest absolute Gasteiger partial charge is 0.475 e. The topological polar surface area (TPSA) is 91.6 Å². The summed E-state index contributed by atoms with van der Waals surface area (Å²) in [5.74, 6) is -3.56. The maximum atomic E-state index is 14.6. The lowest BCUT2D eigenvalue weighted by molar-refractivity contribution is -0.131. The molecular weight excluding hydrogens is 329 g/mol. The summed E-state index contributed by atoms with van der Waals surface area (Å²) < 4.78 is 16.2. The first-order chi connectivity index (χ1) is 11.9. The number of rotatable bonds is 4. The molecule has 0 aliphatic carbocycles. The minimum atomic E-state index is -1.71. The van der Waals surface area contributed by atoms with Gasteiger partial charge >= 0.3 is 5.97 Å². The number of Topliss-reactive ketones (excluding diaryl/α,β-unsaturated/α-hetero) is 1. The minimum absolute atomic E-state index is 0.00494. The molecule has 25 heavy (non-hydrogen) atoms. The molecule has 0 radical (unpaired) electrons. The first-order valence-corrected chi connectivity index (χ1v) is 8.04. The van der Waals surface area contributed by atoms with Gasteiger partial charge < -0.3 is 19.9 Å². The van der Waals surface area contributed by atoms with Gasteiger partial charge in [-0.2, -0.15) is 0 Å². The summed E-state index contributed by atoms with van der Waals surface area (Å²) in [6.45, 7) is 4.98. The number of benzene rings is 1. The Morgan fingerprint density at radius 2 is 1.96 bits per heavy atom. The number of carbonyl (C=O) groups excluding carboxylic acids is 1. The molecule has 132 valence electrons. The van der Waals surface area contributed by atoms with Crippen molar-refractivity contribution in [1.82, 2.24) is 9.88 Å². The van der Waals surface area contributed by atoms with Crippen LogP contribution >= 0.6 is 0 Å². The summed E-state index contributed by atoms with van der Waals surface area (Å²) in [6.07, 6.45) is 1.24. The van der Waals surface area contributed by atoms with E-state index in [1.165, 1.54) is 6.20 Å². The van der Waals surface area contributed by atoms with Crippen molar-refractivity contribution in [3.63, 3.8) is 0 Å². The van der Waals surface area contributed by atoms with E-state index in [9.17, 15) is 18.8 Å². The molecule has 7 nitrogen and oxygen atoms in total. The molecule has 1 fully saturated rings. The van der Waals surface area contributed by atoms with Gasteiger partial charge in [0.2, 0.25) is 5.43 Å². The van der Waals surface area contributed by atoms with E-state index in [1.807, 2.05) is 4.90 Å². The van der Waals surface area contributed by atoms with Crippen LogP contribution in [0.5, 0.6) is 0 Å². The van der Waals surface area contributed by atoms with E-state index in [2.05, 4.69) is 5.32 Å². The zero-order chi connectivity index (χ0) is 18.1. The molecule has 0 spiro atoms. The van der Waals surface area contributed by atoms with Gasteiger partial charge in [0.05, 0.1) is 16.8 Å². The lowest BCUT2D eigenvalue weighted by Gasteiger charge is -2.30. The third-order valence-electron chi connectivity index (χ3n) is 4.39. The number of hydrogen-bond acceptors (Lipinski definition) is 5. The number of aryl methyl sites for hydroxylation is 1. The lowest BCUT2D eigenvalue weighted by Crippen LogP contribution is -2.43. The maximum Gasteiger partial charge on any atom is 0.377 e. The van der Waals surface area contributed by atoms with E-state index < -0.39 is 28.6 Å². The minimum Gasteiger partial charge on any atom is -0.475 e. The van der Waals surface area contributed by atoms with Gasteiger partial charge in [0, 0.05) is 44.3 Å². The zero-order valence-corrected chi connectivity index (χ0v) is 13.7. The maximum absolute atomic E-state index is 14.6. The van der Waals surface area contributed by atoms with Gasteiger partial charge in [0.1, 0.15) is 5.82 Å². The fourth-order valence-electron chi connectivity index (χ4n) is 3.09. The van der Waals surface area contributed by atoms with Crippen molar-refractivity contribution in [2.45, 2.75) is 13.5 Å². The van der Waals surface area contributed by atoms with Crippen LogP contribution in [0.25, 0.3) is 10.9 Å². The molecule has 0 amide bonds. The number of ketones is 1. The van der Waals surface area contributed by atoms with E-state index >= 15 is 0 Å². The molecule has 0 saturated carbocycles. The number of aromatic nitrogens is 1. The van der Waals surface area contributed by atoms with Crippen LogP contribution < -0.4 is 15.6 Å². The molecule has 1 saturated heterocycles. The summed E-state index contributed by atoms with van der Waals surface area (Å²) in [6, 6.07) is 2.69. The highest BCUT2D eigenvalue weighted by Crippen LogP contribution is 2.25. The summed E-state index contributed by atoms with van der Waals surface area (Å²) in [5, 5.41) is 12.1. The summed E-state index contributed by atoms with van der Waals surface area (Å²) >= 11 is 0. The van der Waals surface area contributed by atoms with E-state index in [1.54, 1.807) is 17.6 Å². The second kappa shape index (κ2) is 6.64. The molecule has 0 atom stereocenters. The average Bonchev–Trinajstić information content (AvgIpc) is 2.62. The molecule has 0 bridgehead atoms. The van der Waals surface area contributed by atoms with Crippen LogP contribution in [0.2, 0.25) is 0 Å². The van der Waals surface area contributed by atoms with Gasteiger partial charge in [0.15, 0.2) is 0 Å². The first-order valence-electron chi connectivity index (χ1n) is 8.04. The summed E-state index contributed by atoms with van der Waals surface area (Å²) in [7, 11) is 0. The molecule has 1 aliphatic rings. The second-order valence-electron chi connectivity index (χ2n) is 5.85. The molecule has 8 heteroatoms. The Morgan fingerprint density at radius 1 is 1.28 bits per heavy atom. The van der Waals surface area contributed by atoms with Gasteiger partial charge in [-0.25, -0.2) is 9.18 Å². The van der Waals surface area contributed by atoms with Crippen LogP contribution in [0.4, 0.5) is 10.1 Å². The smallest absolute Gasteiger partial charge is 0.377 e. The first kappa shape index (κ1) is 17.1. The van der Waals surface area contributed by atoms with Crippen molar-refractivity contribution in [3.8, 4) is 0 Å². The quantitative estimate of drug-likeness (QED) is 0.629. The fraction of sp³-hybridized carbons (Fsp3) is 0.353. The normalized spacial score (nSPS) is 14.7. The highest BCUT2D eigenvalue weighted by atomic mass is 19.1. The fourth-order valence-corrected chi connectivity index (χ4v) is 3.09. The van der Waals surface area contributed by atoms with Crippen LogP contribution in [0.3, 0.4) is 0 Å². The van der Waals surface area contributed by atoms with Crippen molar-refractivity contribution in [1.29, 1.82) is 0 Å². The van der Waals surface area contributed by atoms with Gasteiger partial charge in [-0.3, -0.25) is 9.59 Å². The molecule has 1 aliphatic heterocycles. The van der Waals surface area contributed by atoms with Crippen molar-refractivity contribution in [2.75, 3.05) is 31.1 Å². The van der Waals surface area contributed by atoms with E-state index in [4.69, 9.17) is 5.11 Å². The van der Waals surface area contributed by atoms with Crippen molar-refractivity contribution in [2.24, 2.45) is 0 Å². The van der Waals surface area contributed by atoms with Crippen molar-refractivity contribution < 1.29 is 19.1 Å². The second-order valence-corrected chi connectivity index (χ2v) is 5.85. The Hall–Kier alpha value is -2.74. The molecular formula is C17H18FN3O4. The Labute approximate surface area is 142 Å². The third kappa shape index (κ3) is 3.00. The highest BCUT2D eigenvalue weighted by Gasteiger charge is 2.23. The van der Waals surface area contributed by atoms with Crippen LogP contribution in [0.1, 0.15) is 17.3 Å². The summed E-state index contributed by atoms with van der Waals surface area (Å²) in [4.78, 5) is 37.1. The molecule has 1 aromatic carbocycles. The molecule has 0 unspecified atom stereocenters. The highest BCUT2D eigenvalue weighted by molar-refractivity contribution is 6.40. The van der Waals surface area contributed by atoms with E-state index in [0.717, 1.165) is 19.2 Å². The van der Waals surface area contributed by atoms with Crippen LogP contribution in [0.15, 0.2) is 23.1 Å². The molecule has 2 aromatic rings. The SMILES string of the molecule is CCn1cc(C(=O)C(=O)O)c(=O)c2cc(F)c(N3CCNCC3)cc21. The number of pyridine rings is 1. The predicted molar refractivity (Wildman–Crippen MR) is 90.9 cm³/mol. The van der Waals surface area contributed by atoms with Crippen LogP contribution in [-0.2, 0) is 11.3 Å². The van der Waals surface area contributed by atoms with E-state index in [-0.39, 0.29) is 5.39 Å². The standard InChI is InChI=1S/C17H18FN3O4/c1-2-20-9-11(16(23)17(24)25)15(22)10-7-12(18)14(8-13(10)20)21-5-3-19-4-6-21/h7-9,19H,2-6H2,1H3,(H,24,25). The Kier molecular flexibility index (Phi) is 4.54. The number of nitrogens with zero attached hydrogens (tertiary/aromatic N) is 2. The lowest BCUT2D eigenvalue weighted by atomic mass is 10.1. The molecule has 1 aromatic heterocycles. The number of anilines is 1. The van der Waals surface area contributed by atoms with Gasteiger partial charge in [0.25, 0.3) is 5.78 Å². The number of halogens is 1. The molecule has 3 rings (SSSR count). The molecule has 2 heterocycles. The number of fused-ring (bicyclic) bond motifs is 1. The van der Waals surface area contributed by atoms with Crippen LogP contribution in [-0.4, -0.2) is 47.6 Å². The number of nitrogens with one attached hydrogen (secondary N) is 1. The Bertz CT molecular complexity index is 916. The predicted octanol–water partition coefficient (Wildman–Crippen LogP) is 0.837. The van der Waals surface area contributed by atoms with Gasteiger partial charge in [-0.05, 0) is 19.1 Å². The third-order valence-corrected chi connectivity index (χ3v) is 4.39. The van der Waals surface area contributed by atoms with Gasteiger partial charge in [-0.1, -0.05) is 0 Å². The number of carboxylic acid groups (broad SMARTS) is 1.